The number of rotatable bonds is 5. The Hall–Kier alpha value is -1.32. The minimum atomic E-state index is 0.147. The van der Waals surface area contributed by atoms with Crippen LogP contribution in [0.2, 0.25) is 0 Å². The van der Waals surface area contributed by atoms with Gasteiger partial charge in [0.05, 0.1) is 0 Å². The van der Waals surface area contributed by atoms with Gasteiger partial charge in [0, 0.05) is 17.6 Å². The van der Waals surface area contributed by atoms with Gasteiger partial charge >= 0.3 is 0 Å². The van der Waals surface area contributed by atoms with Crippen LogP contribution in [0.4, 0.5) is 0 Å². The number of phenols is 1. The lowest BCUT2D eigenvalue weighted by atomic mass is 10.0. The zero-order chi connectivity index (χ0) is 13.8. The maximum absolute atomic E-state index is 9.99. The standard InChI is InChI=1S/C16H21NOS/c1-11-4-5-15(16(18)8-11)13(3)17-12(2)9-14-6-7-19-10-14/h4-8,10,12-13,17-18H,9H2,1-3H3. The molecular weight excluding hydrogens is 254 g/mol. The monoisotopic (exact) mass is 275 g/mol. The average Bonchev–Trinajstić information content (AvgIpc) is 2.81. The lowest BCUT2D eigenvalue weighted by Crippen LogP contribution is -2.30. The second kappa shape index (κ2) is 6.22. The van der Waals surface area contributed by atoms with Crippen LogP contribution in [-0.2, 0) is 6.42 Å². The molecule has 0 aliphatic heterocycles. The van der Waals surface area contributed by atoms with Crippen LogP contribution in [0.1, 0.15) is 36.6 Å². The van der Waals surface area contributed by atoms with Crippen molar-refractivity contribution in [1.82, 2.24) is 5.32 Å². The van der Waals surface area contributed by atoms with Crippen molar-refractivity contribution < 1.29 is 5.11 Å². The third kappa shape index (κ3) is 3.82. The average molecular weight is 275 g/mol. The first kappa shape index (κ1) is 14.1. The zero-order valence-electron chi connectivity index (χ0n) is 11.7. The molecule has 0 bridgehead atoms. The van der Waals surface area contributed by atoms with Gasteiger partial charge in [0.25, 0.3) is 0 Å². The van der Waals surface area contributed by atoms with Crippen molar-refractivity contribution in [2.24, 2.45) is 0 Å². The normalized spacial score (nSPS) is 14.3. The first-order valence-corrected chi connectivity index (χ1v) is 7.57. The molecule has 1 aromatic heterocycles. The highest BCUT2D eigenvalue weighted by atomic mass is 32.1. The summed E-state index contributed by atoms with van der Waals surface area (Å²) in [5, 5.41) is 17.8. The summed E-state index contributed by atoms with van der Waals surface area (Å²) >= 11 is 1.73. The van der Waals surface area contributed by atoms with Crippen LogP contribution in [-0.4, -0.2) is 11.1 Å². The fourth-order valence-corrected chi connectivity index (χ4v) is 3.04. The predicted octanol–water partition coefficient (Wildman–Crippen LogP) is 4.04. The van der Waals surface area contributed by atoms with E-state index in [1.807, 2.05) is 25.1 Å². The molecule has 2 nitrogen and oxygen atoms in total. The molecular formula is C16H21NOS. The molecule has 0 amide bonds. The molecule has 2 unspecified atom stereocenters. The number of aryl methyl sites for hydroxylation is 1. The predicted molar refractivity (Wildman–Crippen MR) is 81.9 cm³/mol. The fraction of sp³-hybridized carbons (Fsp3) is 0.375. The van der Waals surface area contributed by atoms with E-state index in [4.69, 9.17) is 0 Å². The Morgan fingerprint density at radius 3 is 2.68 bits per heavy atom. The minimum Gasteiger partial charge on any atom is -0.508 e. The quantitative estimate of drug-likeness (QED) is 0.863. The summed E-state index contributed by atoms with van der Waals surface area (Å²) in [5.74, 6) is 0.378. The van der Waals surface area contributed by atoms with E-state index in [-0.39, 0.29) is 6.04 Å². The molecule has 0 aliphatic rings. The molecule has 1 heterocycles. The highest BCUT2D eigenvalue weighted by Crippen LogP contribution is 2.25. The molecule has 0 saturated heterocycles. The molecule has 102 valence electrons. The maximum atomic E-state index is 9.99. The van der Waals surface area contributed by atoms with Crippen molar-refractivity contribution in [3.63, 3.8) is 0 Å². The van der Waals surface area contributed by atoms with Crippen LogP contribution in [0.15, 0.2) is 35.0 Å². The Balaban J connectivity index is 1.98. The van der Waals surface area contributed by atoms with Gasteiger partial charge in [-0.1, -0.05) is 12.1 Å². The van der Waals surface area contributed by atoms with Gasteiger partial charge in [-0.25, -0.2) is 0 Å². The minimum absolute atomic E-state index is 0.147. The molecule has 2 rings (SSSR count). The van der Waals surface area contributed by atoms with Crippen molar-refractivity contribution in [3.8, 4) is 5.75 Å². The summed E-state index contributed by atoms with van der Waals surface area (Å²) in [6.45, 7) is 6.26. The number of hydrogen-bond donors (Lipinski definition) is 2. The molecule has 0 spiro atoms. The molecule has 2 aromatic rings. The molecule has 2 atom stereocenters. The highest BCUT2D eigenvalue weighted by Gasteiger charge is 2.13. The van der Waals surface area contributed by atoms with Gasteiger partial charge in [0.15, 0.2) is 0 Å². The molecule has 0 radical (unpaired) electrons. The second-order valence-corrected chi connectivity index (χ2v) is 5.97. The summed E-state index contributed by atoms with van der Waals surface area (Å²) in [6, 6.07) is 8.55. The summed E-state index contributed by atoms with van der Waals surface area (Å²) in [6.07, 6.45) is 1.01. The third-order valence-corrected chi connectivity index (χ3v) is 4.04. The molecule has 0 fully saturated rings. The number of phenolic OH excluding ortho intramolecular Hbond substituents is 1. The van der Waals surface area contributed by atoms with Gasteiger partial charge in [-0.05, 0) is 61.2 Å². The van der Waals surface area contributed by atoms with Gasteiger partial charge in [-0.3, -0.25) is 0 Å². The van der Waals surface area contributed by atoms with Gasteiger partial charge < -0.3 is 10.4 Å². The van der Waals surface area contributed by atoms with Crippen molar-refractivity contribution >= 4 is 11.3 Å². The number of benzene rings is 1. The van der Waals surface area contributed by atoms with E-state index in [9.17, 15) is 5.11 Å². The summed E-state index contributed by atoms with van der Waals surface area (Å²) in [4.78, 5) is 0. The number of nitrogens with one attached hydrogen (secondary N) is 1. The lowest BCUT2D eigenvalue weighted by Gasteiger charge is -2.21. The highest BCUT2D eigenvalue weighted by molar-refractivity contribution is 7.07. The van der Waals surface area contributed by atoms with Crippen molar-refractivity contribution in [2.75, 3.05) is 0 Å². The summed E-state index contributed by atoms with van der Waals surface area (Å²) in [7, 11) is 0. The van der Waals surface area contributed by atoms with Crippen LogP contribution in [0, 0.1) is 6.92 Å². The van der Waals surface area contributed by atoms with Crippen LogP contribution >= 0.6 is 11.3 Å². The Morgan fingerprint density at radius 2 is 2.05 bits per heavy atom. The molecule has 19 heavy (non-hydrogen) atoms. The van der Waals surface area contributed by atoms with Gasteiger partial charge in [-0.2, -0.15) is 11.3 Å². The van der Waals surface area contributed by atoms with Crippen LogP contribution in [0.3, 0.4) is 0 Å². The van der Waals surface area contributed by atoms with E-state index in [0.717, 1.165) is 17.5 Å². The Kier molecular flexibility index (Phi) is 4.61. The zero-order valence-corrected chi connectivity index (χ0v) is 12.5. The first-order chi connectivity index (χ1) is 9.06. The fourth-order valence-electron chi connectivity index (χ4n) is 2.36. The van der Waals surface area contributed by atoms with Crippen LogP contribution in [0.25, 0.3) is 0 Å². The van der Waals surface area contributed by atoms with Crippen molar-refractivity contribution in [3.05, 3.63) is 51.7 Å². The van der Waals surface area contributed by atoms with Crippen molar-refractivity contribution in [1.29, 1.82) is 0 Å². The van der Waals surface area contributed by atoms with E-state index in [1.54, 1.807) is 11.3 Å². The Labute approximate surface area is 119 Å². The van der Waals surface area contributed by atoms with E-state index in [1.165, 1.54) is 5.56 Å². The molecule has 0 aliphatic carbocycles. The van der Waals surface area contributed by atoms with Crippen LogP contribution in [0.5, 0.6) is 5.75 Å². The maximum Gasteiger partial charge on any atom is 0.120 e. The second-order valence-electron chi connectivity index (χ2n) is 5.19. The first-order valence-electron chi connectivity index (χ1n) is 6.63. The molecule has 2 N–H and O–H groups in total. The topological polar surface area (TPSA) is 32.3 Å². The van der Waals surface area contributed by atoms with Gasteiger partial charge in [0.2, 0.25) is 0 Å². The molecule has 3 heteroatoms. The smallest absolute Gasteiger partial charge is 0.120 e. The SMILES string of the molecule is Cc1ccc(C(C)NC(C)Cc2ccsc2)c(O)c1. The Bertz CT molecular complexity index is 522. The van der Waals surface area contributed by atoms with E-state index < -0.39 is 0 Å². The summed E-state index contributed by atoms with van der Waals surface area (Å²) < 4.78 is 0. The lowest BCUT2D eigenvalue weighted by molar-refractivity contribution is 0.433. The van der Waals surface area contributed by atoms with Crippen molar-refractivity contribution in [2.45, 2.75) is 39.3 Å². The van der Waals surface area contributed by atoms with E-state index in [2.05, 4.69) is 36.0 Å². The van der Waals surface area contributed by atoms with Gasteiger partial charge in [-0.15, -0.1) is 0 Å². The summed E-state index contributed by atoms with van der Waals surface area (Å²) in [5.41, 5.74) is 3.41. The molecule has 1 aromatic carbocycles. The molecule has 0 saturated carbocycles. The van der Waals surface area contributed by atoms with Crippen LogP contribution < -0.4 is 5.32 Å². The Morgan fingerprint density at radius 1 is 1.26 bits per heavy atom. The number of thiophene rings is 1. The van der Waals surface area contributed by atoms with E-state index >= 15 is 0 Å². The number of hydrogen-bond acceptors (Lipinski definition) is 3. The van der Waals surface area contributed by atoms with Gasteiger partial charge in [0.1, 0.15) is 5.75 Å². The number of aromatic hydroxyl groups is 1. The van der Waals surface area contributed by atoms with E-state index in [0.29, 0.717) is 11.8 Å². The largest absolute Gasteiger partial charge is 0.508 e. The third-order valence-electron chi connectivity index (χ3n) is 3.31.